The van der Waals surface area contributed by atoms with Crippen molar-refractivity contribution in [3.05, 3.63) is 54.4 Å². The van der Waals surface area contributed by atoms with Crippen LogP contribution in [0.3, 0.4) is 0 Å². The van der Waals surface area contributed by atoms with E-state index in [1.54, 1.807) is 18.5 Å². The summed E-state index contributed by atoms with van der Waals surface area (Å²) < 4.78 is 5.55. The zero-order chi connectivity index (χ0) is 18.4. The molecule has 0 radical (unpaired) electrons. The van der Waals surface area contributed by atoms with E-state index >= 15 is 0 Å². The second kappa shape index (κ2) is 8.62. The van der Waals surface area contributed by atoms with Gasteiger partial charge in [-0.25, -0.2) is 0 Å². The van der Waals surface area contributed by atoms with Gasteiger partial charge in [-0.1, -0.05) is 37.7 Å². The molecule has 6 nitrogen and oxygen atoms in total. The van der Waals surface area contributed by atoms with E-state index in [9.17, 15) is 4.79 Å². The van der Waals surface area contributed by atoms with Gasteiger partial charge in [0.2, 0.25) is 11.8 Å². The third-order valence-electron chi connectivity index (χ3n) is 4.02. The lowest BCUT2D eigenvalue weighted by atomic mass is 9.99. The molecule has 7 heteroatoms. The first-order valence-corrected chi connectivity index (χ1v) is 9.40. The van der Waals surface area contributed by atoms with Crippen molar-refractivity contribution >= 4 is 23.4 Å². The summed E-state index contributed by atoms with van der Waals surface area (Å²) in [6, 6.07) is 11.6. The largest absolute Gasteiger partial charge is 0.411 e. The fourth-order valence-electron chi connectivity index (χ4n) is 2.33. The summed E-state index contributed by atoms with van der Waals surface area (Å²) in [6.07, 6.45) is 4.42. The maximum Gasteiger partial charge on any atom is 0.277 e. The van der Waals surface area contributed by atoms with Crippen LogP contribution < -0.4 is 5.32 Å². The van der Waals surface area contributed by atoms with Gasteiger partial charge in [-0.15, -0.1) is 10.2 Å². The molecule has 1 N–H and O–H groups in total. The van der Waals surface area contributed by atoms with Crippen LogP contribution in [0.1, 0.15) is 31.7 Å². The van der Waals surface area contributed by atoms with Crippen LogP contribution >= 0.6 is 11.8 Å². The highest BCUT2D eigenvalue weighted by Crippen LogP contribution is 2.23. The predicted molar refractivity (Wildman–Crippen MR) is 102 cm³/mol. The number of carbonyl (C=O) groups is 1. The average Bonchev–Trinajstić information content (AvgIpc) is 3.16. The Labute approximate surface area is 156 Å². The smallest absolute Gasteiger partial charge is 0.277 e. The Morgan fingerprint density at radius 1 is 1.23 bits per heavy atom. The molecule has 26 heavy (non-hydrogen) atoms. The number of anilines is 1. The van der Waals surface area contributed by atoms with Crippen molar-refractivity contribution < 1.29 is 9.21 Å². The molecule has 2 heterocycles. The summed E-state index contributed by atoms with van der Waals surface area (Å²) in [4.78, 5) is 16.1. The number of hydrogen-bond acceptors (Lipinski definition) is 6. The standard InChI is InChI=1S/C19H20N4O2S/c1-3-13(2)14-6-8-16(9-7-14)21-17(24)12-26-19-23-22-18(25-19)15-5-4-10-20-11-15/h4-11,13H,3,12H2,1-2H3,(H,21,24)/t13-/m1/s1. The van der Waals surface area contributed by atoms with Crippen LogP contribution in [0.2, 0.25) is 0 Å². The van der Waals surface area contributed by atoms with Crippen molar-refractivity contribution in [2.24, 2.45) is 0 Å². The van der Waals surface area contributed by atoms with Crippen LogP contribution in [0.15, 0.2) is 58.4 Å². The first-order valence-electron chi connectivity index (χ1n) is 8.42. The van der Waals surface area contributed by atoms with Crippen LogP contribution in [-0.2, 0) is 4.79 Å². The SMILES string of the molecule is CC[C@@H](C)c1ccc(NC(=O)CSc2nnc(-c3cccnc3)o2)cc1. The number of nitrogens with one attached hydrogen (secondary N) is 1. The Kier molecular flexibility index (Phi) is 6.01. The van der Waals surface area contributed by atoms with E-state index in [0.717, 1.165) is 17.7 Å². The zero-order valence-electron chi connectivity index (χ0n) is 14.7. The topological polar surface area (TPSA) is 80.9 Å². The Hall–Kier alpha value is -2.67. The quantitative estimate of drug-likeness (QED) is 0.624. The minimum Gasteiger partial charge on any atom is -0.411 e. The Morgan fingerprint density at radius 3 is 2.73 bits per heavy atom. The molecule has 2 aromatic heterocycles. The highest BCUT2D eigenvalue weighted by molar-refractivity contribution is 7.99. The lowest BCUT2D eigenvalue weighted by Crippen LogP contribution is -2.14. The lowest BCUT2D eigenvalue weighted by Gasteiger charge is -2.10. The first-order chi connectivity index (χ1) is 12.7. The highest BCUT2D eigenvalue weighted by Gasteiger charge is 2.11. The Bertz CT molecular complexity index is 849. The number of aromatic nitrogens is 3. The van der Waals surface area contributed by atoms with E-state index in [1.807, 2.05) is 18.2 Å². The monoisotopic (exact) mass is 368 g/mol. The van der Waals surface area contributed by atoms with Gasteiger partial charge >= 0.3 is 0 Å². The van der Waals surface area contributed by atoms with Crippen LogP contribution in [-0.4, -0.2) is 26.8 Å². The number of thioether (sulfide) groups is 1. The molecular weight excluding hydrogens is 348 g/mol. The summed E-state index contributed by atoms with van der Waals surface area (Å²) in [5, 5.41) is 11.2. The molecule has 0 saturated carbocycles. The highest BCUT2D eigenvalue weighted by atomic mass is 32.2. The summed E-state index contributed by atoms with van der Waals surface area (Å²) in [6.45, 7) is 4.35. The second-order valence-electron chi connectivity index (χ2n) is 5.88. The second-order valence-corrected chi connectivity index (χ2v) is 6.81. The number of hydrogen-bond donors (Lipinski definition) is 1. The molecule has 0 spiro atoms. The van der Waals surface area contributed by atoms with Gasteiger partial charge in [0.05, 0.1) is 11.3 Å². The molecule has 0 bridgehead atoms. The van der Waals surface area contributed by atoms with Crippen molar-refractivity contribution in [1.29, 1.82) is 0 Å². The molecule has 0 aliphatic carbocycles. The molecule has 0 saturated heterocycles. The van der Waals surface area contributed by atoms with E-state index in [4.69, 9.17) is 4.42 Å². The summed E-state index contributed by atoms with van der Waals surface area (Å²) in [5.41, 5.74) is 2.80. The van der Waals surface area contributed by atoms with Gasteiger partial charge in [0.1, 0.15) is 0 Å². The molecule has 3 aromatic rings. The van der Waals surface area contributed by atoms with Gasteiger partial charge in [0.15, 0.2) is 0 Å². The van der Waals surface area contributed by atoms with Crippen LogP contribution in [0.25, 0.3) is 11.5 Å². The van der Waals surface area contributed by atoms with Crippen LogP contribution in [0, 0.1) is 0 Å². The van der Waals surface area contributed by atoms with Crippen molar-refractivity contribution in [3.63, 3.8) is 0 Å². The van der Waals surface area contributed by atoms with E-state index in [0.29, 0.717) is 17.0 Å². The van der Waals surface area contributed by atoms with Gasteiger partial charge < -0.3 is 9.73 Å². The van der Waals surface area contributed by atoms with Gasteiger partial charge in [-0.3, -0.25) is 9.78 Å². The summed E-state index contributed by atoms with van der Waals surface area (Å²) in [5.74, 6) is 0.984. The molecule has 134 valence electrons. The summed E-state index contributed by atoms with van der Waals surface area (Å²) in [7, 11) is 0. The van der Waals surface area contributed by atoms with Crippen molar-refractivity contribution in [1.82, 2.24) is 15.2 Å². The zero-order valence-corrected chi connectivity index (χ0v) is 15.5. The molecule has 1 aromatic carbocycles. The van der Waals surface area contributed by atoms with E-state index < -0.39 is 0 Å². The van der Waals surface area contributed by atoms with Gasteiger partial charge in [-0.2, -0.15) is 0 Å². The van der Waals surface area contributed by atoms with Crippen molar-refractivity contribution in [2.75, 3.05) is 11.1 Å². The normalized spacial score (nSPS) is 11.9. The first kappa shape index (κ1) is 18.1. The molecule has 0 aliphatic rings. The molecule has 1 atom stereocenters. The van der Waals surface area contributed by atoms with E-state index in [1.165, 1.54) is 17.3 Å². The van der Waals surface area contributed by atoms with E-state index in [-0.39, 0.29) is 11.7 Å². The number of rotatable bonds is 7. The minimum absolute atomic E-state index is 0.118. The average molecular weight is 368 g/mol. The van der Waals surface area contributed by atoms with E-state index in [2.05, 4.69) is 46.5 Å². The third-order valence-corrected chi connectivity index (χ3v) is 4.84. The van der Waals surface area contributed by atoms with Gasteiger partial charge in [0, 0.05) is 18.1 Å². The molecule has 3 rings (SSSR count). The summed E-state index contributed by atoms with van der Waals surface area (Å²) >= 11 is 1.20. The maximum absolute atomic E-state index is 12.1. The number of nitrogens with zero attached hydrogens (tertiary/aromatic N) is 3. The maximum atomic E-state index is 12.1. The Balaban J connectivity index is 1.52. The van der Waals surface area contributed by atoms with Crippen molar-refractivity contribution in [2.45, 2.75) is 31.4 Å². The number of carbonyl (C=O) groups excluding carboxylic acids is 1. The molecule has 0 fully saturated rings. The minimum atomic E-state index is -0.118. The van der Waals surface area contributed by atoms with Gasteiger partial charge in [-0.05, 0) is 42.2 Å². The number of pyridine rings is 1. The predicted octanol–water partition coefficient (Wildman–Crippen LogP) is 4.38. The molecular formula is C19H20N4O2S. The van der Waals surface area contributed by atoms with Gasteiger partial charge in [0.25, 0.3) is 5.22 Å². The lowest BCUT2D eigenvalue weighted by molar-refractivity contribution is -0.113. The fourth-order valence-corrected chi connectivity index (χ4v) is 2.89. The fraction of sp³-hybridized carbons (Fsp3) is 0.263. The molecule has 1 amide bonds. The van der Waals surface area contributed by atoms with Crippen LogP contribution in [0.5, 0.6) is 0 Å². The molecule has 0 aliphatic heterocycles. The molecule has 0 unspecified atom stereocenters. The Morgan fingerprint density at radius 2 is 2.04 bits per heavy atom. The number of amides is 1. The van der Waals surface area contributed by atoms with Crippen LogP contribution in [0.4, 0.5) is 5.69 Å². The third kappa shape index (κ3) is 4.70. The van der Waals surface area contributed by atoms with Crippen molar-refractivity contribution in [3.8, 4) is 11.5 Å². The number of benzene rings is 1.